The van der Waals surface area contributed by atoms with Crippen molar-refractivity contribution in [1.29, 1.82) is 0 Å². The Balaban J connectivity index is 1.27. The summed E-state index contributed by atoms with van der Waals surface area (Å²) in [4.78, 5) is 99.3. The number of ether oxygens (including phenoxy) is 1. The van der Waals surface area contributed by atoms with Crippen LogP contribution in [0.2, 0.25) is 0 Å². The Bertz CT molecular complexity index is 2950. The summed E-state index contributed by atoms with van der Waals surface area (Å²) in [7, 11) is -4.33. The Kier molecular flexibility index (Phi) is 19.3. The Labute approximate surface area is 435 Å². The molecule has 1 saturated heterocycles. The number of benzene rings is 4. The maximum absolute atomic E-state index is 14.8. The largest absolute Gasteiger partial charge is 0.493 e. The van der Waals surface area contributed by atoms with Crippen LogP contribution in [0.15, 0.2) is 90.3 Å². The first-order valence-electron chi connectivity index (χ1n) is 24.8. The molecule has 0 saturated carbocycles. The molecule has 2 heterocycles. The van der Waals surface area contributed by atoms with Crippen molar-refractivity contribution in [2.75, 3.05) is 13.2 Å². The molecule has 18 nitrogen and oxygen atoms in total. The maximum Gasteiger partial charge on any atom is 0.303 e. The molecule has 0 spiro atoms. The predicted molar refractivity (Wildman–Crippen MR) is 282 cm³/mol. The van der Waals surface area contributed by atoms with Crippen molar-refractivity contribution in [3.05, 3.63) is 113 Å². The molecule has 0 aliphatic carbocycles. The van der Waals surface area contributed by atoms with Gasteiger partial charge in [0.1, 0.15) is 41.7 Å². The fraction of sp³-hybridized carbons (Fsp3) is 0.426. The average Bonchev–Trinajstić information content (AvgIpc) is 4.01. The number of carbonyl (C=O) groups excluding carboxylic acids is 6. The zero-order chi connectivity index (χ0) is 53.7. The number of carbonyl (C=O) groups is 7. The van der Waals surface area contributed by atoms with Gasteiger partial charge in [0.2, 0.25) is 29.5 Å². The Morgan fingerprint density at radius 2 is 1.41 bits per heavy atom. The van der Waals surface area contributed by atoms with Crippen LogP contribution in [-0.4, -0.2) is 113 Å². The van der Waals surface area contributed by atoms with E-state index >= 15 is 0 Å². The highest BCUT2D eigenvalue weighted by Gasteiger charge is 2.40. The van der Waals surface area contributed by atoms with E-state index in [4.69, 9.17) is 4.74 Å². The molecule has 1 fully saturated rings. The van der Waals surface area contributed by atoms with E-state index in [1.807, 2.05) is 54.8 Å². The quantitative estimate of drug-likeness (QED) is 0.0360. The SMILES string of the molecule is CCCC[C@H](NC(=O)[C@H](Cc1ccc(CS(=O)(=O)O)cc1)NC(=O)c1c(OCC)ccc2ccccc12)C(=O)N1CCC[C@H]1C(=O)N[C@@H](Cc1csc2ccccc12)C(=O)N[C@@H](CCC(=O)O)C(=O)NC(C)(C)C. The molecule has 1 aromatic heterocycles. The lowest BCUT2D eigenvalue weighted by atomic mass is 10.00. The first-order valence-corrected chi connectivity index (χ1v) is 27.3. The number of aliphatic carboxylic acids is 1. The lowest BCUT2D eigenvalue weighted by Crippen LogP contribution is -2.59. The topological polar surface area (TPSA) is 267 Å². The van der Waals surface area contributed by atoms with Crippen LogP contribution in [0.3, 0.4) is 0 Å². The average molecular weight is 1060 g/mol. The lowest BCUT2D eigenvalue weighted by molar-refractivity contribution is -0.142. The third-order valence-electron chi connectivity index (χ3n) is 12.5. The monoisotopic (exact) mass is 1050 g/mol. The van der Waals surface area contributed by atoms with Crippen molar-refractivity contribution < 1.29 is 56.4 Å². The molecule has 4 aromatic carbocycles. The molecule has 0 radical (unpaired) electrons. The van der Waals surface area contributed by atoms with Gasteiger partial charge in [-0.1, -0.05) is 92.6 Å². The minimum atomic E-state index is -4.33. The van der Waals surface area contributed by atoms with Crippen LogP contribution in [-0.2, 0) is 57.5 Å². The van der Waals surface area contributed by atoms with Crippen LogP contribution in [0.1, 0.15) is 107 Å². The number of unbranched alkanes of at least 4 members (excludes halogenated alkanes) is 1. The van der Waals surface area contributed by atoms with Crippen molar-refractivity contribution >= 4 is 83.7 Å². The van der Waals surface area contributed by atoms with Crippen molar-refractivity contribution in [3.63, 3.8) is 0 Å². The summed E-state index contributed by atoms with van der Waals surface area (Å²) in [6, 6.07) is 18.4. The van der Waals surface area contributed by atoms with Gasteiger partial charge in [-0.25, -0.2) is 0 Å². The number of hydrogen-bond donors (Lipinski definition) is 7. The van der Waals surface area contributed by atoms with E-state index < -0.39 is 99.5 Å². The summed E-state index contributed by atoms with van der Waals surface area (Å²) < 4.78 is 39.5. The second kappa shape index (κ2) is 25.4. The standard InChI is InChI=1S/C54H66N6O12S2/c1-6-8-17-40(56-48(63)41(29-33-20-22-34(23-21-33)32-74(69,70)71)58-52(67)47-38-16-10-9-14-35(38)24-26-44(47)72-7-2)53(68)60-28-13-18-43(60)51(66)57-42(30-36-31-73-45-19-12-11-15-37(36)45)49(64)55-39(25-27-46(61)62)50(65)59-54(3,4)5/h9-12,14-16,19-24,26,31,39-43H,6-8,13,17-18,25,27-30,32H2,1-5H3,(H,55,64)(H,56,63)(H,57,66)(H,58,67)(H,59,65)(H,61,62)(H,69,70,71)/t39-,40-,41-,42-,43-/m0/s1. The first kappa shape index (κ1) is 56.4. The van der Waals surface area contributed by atoms with Gasteiger partial charge in [0, 0.05) is 36.0 Å². The van der Waals surface area contributed by atoms with Crippen molar-refractivity contribution in [3.8, 4) is 5.75 Å². The van der Waals surface area contributed by atoms with E-state index in [0.717, 1.165) is 21.0 Å². The zero-order valence-electron chi connectivity index (χ0n) is 42.3. The van der Waals surface area contributed by atoms with Crippen LogP contribution < -0.4 is 31.3 Å². The fourth-order valence-corrected chi connectivity index (χ4v) is 10.6. The van der Waals surface area contributed by atoms with Crippen LogP contribution in [0.25, 0.3) is 20.9 Å². The molecule has 6 amide bonds. The minimum Gasteiger partial charge on any atom is -0.493 e. The third kappa shape index (κ3) is 15.6. The van der Waals surface area contributed by atoms with Crippen LogP contribution in [0.4, 0.5) is 0 Å². The Morgan fingerprint density at radius 3 is 2.07 bits per heavy atom. The molecular weight excluding hydrogens is 989 g/mol. The number of thiophene rings is 1. The molecule has 396 valence electrons. The van der Waals surface area contributed by atoms with Gasteiger partial charge in [0.25, 0.3) is 16.0 Å². The molecule has 20 heteroatoms. The van der Waals surface area contributed by atoms with E-state index in [9.17, 15) is 51.6 Å². The molecule has 1 aliphatic rings. The number of carboxylic acids is 1. The van der Waals surface area contributed by atoms with Gasteiger partial charge in [-0.15, -0.1) is 11.3 Å². The number of rotatable bonds is 24. The molecule has 0 unspecified atom stereocenters. The van der Waals surface area contributed by atoms with Crippen LogP contribution >= 0.6 is 11.3 Å². The number of fused-ring (bicyclic) bond motifs is 2. The van der Waals surface area contributed by atoms with Crippen LogP contribution in [0, 0.1) is 0 Å². The highest BCUT2D eigenvalue weighted by Crippen LogP contribution is 2.30. The normalized spacial score (nSPS) is 15.4. The molecule has 5 atom stereocenters. The second-order valence-corrected chi connectivity index (χ2v) is 21.9. The summed E-state index contributed by atoms with van der Waals surface area (Å²) in [5.74, 6) is -5.34. The number of hydrogen-bond acceptors (Lipinski definition) is 11. The van der Waals surface area contributed by atoms with E-state index in [1.54, 1.807) is 58.0 Å². The zero-order valence-corrected chi connectivity index (χ0v) is 43.9. The summed E-state index contributed by atoms with van der Waals surface area (Å²) >= 11 is 1.46. The van der Waals surface area contributed by atoms with E-state index in [0.29, 0.717) is 41.5 Å². The molecule has 6 rings (SSSR count). The smallest absolute Gasteiger partial charge is 0.303 e. The van der Waals surface area contributed by atoms with E-state index in [2.05, 4.69) is 26.6 Å². The van der Waals surface area contributed by atoms with Gasteiger partial charge in [0.15, 0.2) is 0 Å². The van der Waals surface area contributed by atoms with Crippen molar-refractivity contribution in [2.45, 2.75) is 134 Å². The highest BCUT2D eigenvalue weighted by atomic mass is 32.2. The molecule has 0 bridgehead atoms. The van der Waals surface area contributed by atoms with Gasteiger partial charge in [-0.3, -0.25) is 38.1 Å². The number of likely N-dealkylation sites (tertiary alicyclic amines) is 1. The molecule has 1 aliphatic heterocycles. The number of nitrogens with one attached hydrogen (secondary N) is 5. The predicted octanol–water partition coefficient (Wildman–Crippen LogP) is 5.84. The maximum atomic E-state index is 14.8. The highest BCUT2D eigenvalue weighted by molar-refractivity contribution is 7.85. The molecule has 7 N–H and O–H groups in total. The fourth-order valence-electron chi connectivity index (χ4n) is 9.01. The first-order chi connectivity index (χ1) is 35.1. The van der Waals surface area contributed by atoms with Gasteiger partial charge >= 0.3 is 5.97 Å². The summed E-state index contributed by atoms with van der Waals surface area (Å²) in [5.41, 5.74) is 1.06. The number of carboxylic acid groups (broad SMARTS) is 1. The Hall–Kier alpha value is -6.90. The molecule has 5 aromatic rings. The summed E-state index contributed by atoms with van der Waals surface area (Å²) in [6.45, 7) is 9.36. The van der Waals surface area contributed by atoms with Crippen molar-refractivity contribution in [1.82, 2.24) is 31.5 Å². The van der Waals surface area contributed by atoms with Gasteiger partial charge < -0.3 is 41.3 Å². The summed E-state index contributed by atoms with van der Waals surface area (Å²) in [5, 5.41) is 27.7. The van der Waals surface area contributed by atoms with E-state index in [-0.39, 0.29) is 50.8 Å². The minimum absolute atomic E-state index is 0.00514. The second-order valence-electron chi connectivity index (χ2n) is 19.5. The number of amides is 6. The van der Waals surface area contributed by atoms with Crippen molar-refractivity contribution in [2.24, 2.45) is 0 Å². The van der Waals surface area contributed by atoms with Gasteiger partial charge in [-0.05, 0) is 104 Å². The van der Waals surface area contributed by atoms with Crippen LogP contribution in [0.5, 0.6) is 5.75 Å². The van der Waals surface area contributed by atoms with E-state index in [1.165, 1.54) is 28.4 Å². The van der Waals surface area contributed by atoms with Gasteiger partial charge in [-0.2, -0.15) is 8.42 Å². The molecular formula is C54H66N6O12S2. The summed E-state index contributed by atoms with van der Waals surface area (Å²) in [6.07, 6.45) is 1.27. The third-order valence-corrected chi connectivity index (χ3v) is 14.3. The Morgan fingerprint density at radius 1 is 0.757 bits per heavy atom. The lowest BCUT2D eigenvalue weighted by Gasteiger charge is -2.31. The molecule has 74 heavy (non-hydrogen) atoms. The number of nitrogens with zero attached hydrogens (tertiary/aromatic N) is 1. The van der Waals surface area contributed by atoms with Gasteiger partial charge in [0.05, 0.1) is 12.2 Å².